The van der Waals surface area contributed by atoms with Crippen LogP contribution in [-0.4, -0.2) is 34.0 Å². The van der Waals surface area contributed by atoms with Crippen molar-refractivity contribution in [3.63, 3.8) is 0 Å². The van der Waals surface area contributed by atoms with Gasteiger partial charge in [-0.1, -0.05) is 18.2 Å². The van der Waals surface area contributed by atoms with Crippen molar-refractivity contribution in [3.8, 4) is 0 Å². The summed E-state index contributed by atoms with van der Waals surface area (Å²) in [5.74, 6) is -1.01. The zero-order valence-electron chi connectivity index (χ0n) is 16.6. The predicted molar refractivity (Wildman–Crippen MR) is 114 cm³/mol. The fraction of sp³-hybridized carbons (Fsp3) is 0.261. The van der Waals surface area contributed by atoms with E-state index in [-0.39, 0.29) is 23.4 Å². The van der Waals surface area contributed by atoms with Crippen LogP contribution in [0.5, 0.6) is 0 Å². The largest absolute Gasteiger partial charge is 0.478 e. The number of anilines is 1. The van der Waals surface area contributed by atoms with Gasteiger partial charge in [-0.25, -0.2) is 4.79 Å². The first-order valence-corrected chi connectivity index (χ1v) is 10.0. The number of carbonyl (C=O) groups is 3. The lowest BCUT2D eigenvalue weighted by Crippen LogP contribution is -2.25. The highest BCUT2D eigenvalue weighted by atomic mass is 16.4. The highest BCUT2D eigenvalue weighted by molar-refractivity contribution is 6.09. The van der Waals surface area contributed by atoms with E-state index in [9.17, 15) is 19.5 Å². The molecule has 0 saturated carbocycles. The van der Waals surface area contributed by atoms with Crippen LogP contribution < -0.4 is 10.6 Å². The molecule has 1 aromatic heterocycles. The molecule has 1 aliphatic rings. The predicted octanol–water partition coefficient (Wildman–Crippen LogP) is 4.07. The van der Waals surface area contributed by atoms with Gasteiger partial charge in [-0.05, 0) is 56.5 Å². The first kappa shape index (κ1) is 19.7. The van der Waals surface area contributed by atoms with E-state index in [0.29, 0.717) is 29.0 Å². The standard InChI is InChI=1S/C23H23N3O4/c1-14-6-2-3-11-24-21(27)16-8-4-9-17(12-16)22(28)25-19-13-15-7-5-10-18(23(29)30)20(15)26(14)19/h4-5,7-10,12-14H,2-3,6,11H2,1H3,(H,24,27)(H,25,28)(H,29,30). The van der Waals surface area contributed by atoms with Crippen LogP contribution in [0.15, 0.2) is 48.5 Å². The number of nitrogens with zero attached hydrogens (tertiary/aromatic N) is 1. The molecule has 2 heterocycles. The van der Waals surface area contributed by atoms with Crippen molar-refractivity contribution >= 4 is 34.5 Å². The van der Waals surface area contributed by atoms with Gasteiger partial charge in [0, 0.05) is 29.1 Å². The minimum atomic E-state index is -1.00. The Morgan fingerprint density at radius 2 is 1.77 bits per heavy atom. The molecule has 0 aliphatic carbocycles. The van der Waals surface area contributed by atoms with Crippen LogP contribution in [0.1, 0.15) is 63.3 Å². The topological polar surface area (TPSA) is 100 Å². The number of aromatic carboxylic acids is 1. The van der Waals surface area contributed by atoms with Crippen molar-refractivity contribution in [2.24, 2.45) is 0 Å². The summed E-state index contributed by atoms with van der Waals surface area (Å²) < 4.78 is 1.91. The molecule has 7 heteroatoms. The lowest BCUT2D eigenvalue weighted by atomic mass is 10.1. The minimum absolute atomic E-state index is 0.0386. The molecule has 0 spiro atoms. The van der Waals surface area contributed by atoms with Crippen LogP contribution in [0, 0.1) is 0 Å². The van der Waals surface area contributed by atoms with Gasteiger partial charge in [-0.15, -0.1) is 0 Å². The minimum Gasteiger partial charge on any atom is -0.478 e. The molecular formula is C23H23N3O4. The quantitative estimate of drug-likeness (QED) is 0.568. The Balaban J connectivity index is 1.85. The van der Waals surface area contributed by atoms with E-state index >= 15 is 0 Å². The van der Waals surface area contributed by atoms with Crippen molar-refractivity contribution in [3.05, 3.63) is 65.2 Å². The van der Waals surface area contributed by atoms with E-state index in [1.165, 1.54) is 0 Å². The Morgan fingerprint density at radius 1 is 1.03 bits per heavy atom. The molecule has 154 valence electrons. The molecule has 4 rings (SSSR count). The molecule has 0 radical (unpaired) electrons. The van der Waals surface area contributed by atoms with E-state index < -0.39 is 5.97 Å². The molecule has 2 bridgehead atoms. The Kier molecular flexibility index (Phi) is 5.27. The van der Waals surface area contributed by atoms with E-state index in [1.54, 1.807) is 42.5 Å². The van der Waals surface area contributed by atoms with Gasteiger partial charge >= 0.3 is 5.97 Å². The number of rotatable bonds is 1. The van der Waals surface area contributed by atoms with Gasteiger partial charge in [0.1, 0.15) is 5.82 Å². The number of amides is 2. The lowest BCUT2D eigenvalue weighted by molar-refractivity contribution is 0.0698. The van der Waals surface area contributed by atoms with Crippen molar-refractivity contribution < 1.29 is 19.5 Å². The third-order valence-corrected chi connectivity index (χ3v) is 5.49. The van der Waals surface area contributed by atoms with E-state index in [1.807, 2.05) is 17.6 Å². The van der Waals surface area contributed by atoms with Crippen molar-refractivity contribution in [2.75, 3.05) is 11.9 Å². The maximum absolute atomic E-state index is 12.9. The van der Waals surface area contributed by atoms with Crippen LogP contribution in [0.3, 0.4) is 0 Å². The van der Waals surface area contributed by atoms with Crippen molar-refractivity contribution in [2.45, 2.75) is 32.2 Å². The van der Waals surface area contributed by atoms with Crippen molar-refractivity contribution in [1.82, 2.24) is 9.88 Å². The van der Waals surface area contributed by atoms with Gasteiger partial charge in [0.05, 0.1) is 11.1 Å². The summed E-state index contributed by atoms with van der Waals surface area (Å²) in [6, 6.07) is 13.5. The molecule has 2 amide bonds. The molecule has 1 unspecified atom stereocenters. The Labute approximate surface area is 173 Å². The molecule has 2 aromatic carbocycles. The summed E-state index contributed by atoms with van der Waals surface area (Å²) in [7, 11) is 0. The van der Waals surface area contributed by atoms with E-state index in [0.717, 1.165) is 24.6 Å². The fourth-order valence-corrected chi connectivity index (χ4v) is 4.00. The van der Waals surface area contributed by atoms with Crippen LogP contribution in [-0.2, 0) is 0 Å². The zero-order chi connectivity index (χ0) is 21.3. The van der Waals surface area contributed by atoms with Gasteiger partial charge in [0.25, 0.3) is 11.8 Å². The number of carboxylic acids is 1. The molecule has 3 N–H and O–H groups in total. The number of hydrogen-bond donors (Lipinski definition) is 3. The molecule has 0 fully saturated rings. The molecule has 1 atom stereocenters. The monoisotopic (exact) mass is 405 g/mol. The lowest BCUT2D eigenvalue weighted by Gasteiger charge is -2.20. The van der Waals surface area contributed by atoms with E-state index in [2.05, 4.69) is 10.6 Å². The average Bonchev–Trinajstić information content (AvgIpc) is 3.10. The second kappa shape index (κ2) is 8.02. The number of carboxylic acid groups (broad SMARTS) is 1. The maximum Gasteiger partial charge on any atom is 0.337 e. The fourth-order valence-electron chi connectivity index (χ4n) is 4.00. The van der Waals surface area contributed by atoms with Crippen LogP contribution >= 0.6 is 0 Å². The Hall–Kier alpha value is -3.61. The average molecular weight is 405 g/mol. The number of fused-ring (bicyclic) bond motifs is 5. The molecular weight excluding hydrogens is 382 g/mol. The van der Waals surface area contributed by atoms with Crippen LogP contribution in [0.4, 0.5) is 5.82 Å². The van der Waals surface area contributed by atoms with Gasteiger partial charge in [0.15, 0.2) is 0 Å². The molecule has 3 aromatic rings. The van der Waals surface area contributed by atoms with Gasteiger partial charge in [0.2, 0.25) is 0 Å². The van der Waals surface area contributed by atoms with Crippen LogP contribution in [0.2, 0.25) is 0 Å². The Morgan fingerprint density at radius 3 is 2.53 bits per heavy atom. The highest BCUT2D eigenvalue weighted by Crippen LogP contribution is 2.33. The molecule has 7 nitrogen and oxygen atoms in total. The molecule has 1 aliphatic heterocycles. The number of carbonyl (C=O) groups excluding carboxylic acids is 2. The number of para-hydroxylation sites is 1. The highest BCUT2D eigenvalue weighted by Gasteiger charge is 2.22. The zero-order valence-corrected chi connectivity index (χ0v) is 16.6. The smallest absolute Gasteiger partial charge is 0.337 e. The summed E-state index contributed by atoms with van der Waals surface area (Å²) >= 11 is 0. The second-order valence-electron chi connectivity index (χ2n) is 7.58. The molecule has 30 heavy (non-hydrogen) atoms. The summed E-state index contributed by atoms with van der Waals surface area (Å²) in [6.45, 7) is 2.56. The third kappa shape index (κ3) is 3.66. The first-order chi connectivity index (χ1) is 14.5. The van der Waals surface area contributed by atoms with Gasteiger partial charge in [-0.3, -0.25) is 9.59 Å². The summed E-state index contributed by atoms with van der Waals surface area (Å²) in [6.07, 6.45) is 2.44. The van der Waals surface area contributed by atoms with Gasteiger partial charge in [-0.2, -0.15) is 0 Å². The maximum atomic E-state index is 12.9. The molecule has 0 saturated heterocycles. The Bertz CT molecular complexity index is 1150. The third-order valence-electron chi connectivity index (χ3n) is 5.49. The SMILES string of the molecule is CC1CCCCNC(=O)c2cccc(c2)C(=O)Nc2cc3cccc(C(=O)O)c3n21. The number of hydrogen-bond acceptors (Lipinski definition) is 3. The number of benzene rings is 2. The van der Waals surface area contributed by atoms with E-state index in [4.69, 9.17) is 0 Å². The summed E-state index contributed by atoms with van der Waals surface area (Å²) in [4.78, 5) is 37.1. The summed E-state index contributed by atoms with van der Waals surface area (Å²) in [5.41, 5.74) is 1.60. The van der Waals surface area contributed by atoms with Crippen LogP contribution in [0.25, 0.3) is 10.9 Å². The normalized spacial score (nSPS) is 17.6. The first-order valence-electron chi connectivity index (χ1n) is 10.0. The van der Waals surface area contributed by atoms with Gasteiger partial charge < -0.3 is 20.3 Å². The summed E-state index contributed by atoms with van der Waals surface area (Å²) in [5, 5.41) is 16.3. The van der Waals surface area contributed by atoms with Crippen molar-refractivity contribution in [1.29, 1.82) is 0 Å². The number of nitrogens with one attached hydrogen (secondary N) is 2. The number of aromatic nitrogens is 1. The second-order valence-corrected chi connectivity index (χ2v) is 7.58.